The van der Waals surface area contributed by atoms with Crippen molar-refractivity contribution in [3.63, 3.8) is 0 Å². The van der Waals surface area contributed by atoms with Crippen molar-refractivity contribution in [3.8, 4) is 11.3 Å². The van der Waals surface area contributed by atoms with Crippen molar-refractivity contribution in [1.29, 1.82) is 0 Å². The van der Waals surface area contributed by atoms with Crippen molar-refractivity contribution < 1.29 is 24.2 Å². The van der Waals surface area contributed by atoms with Crippen molar-refractivity contribution in [1.82, 2.24) is 4.98 Å². The maximum absolute atomic E-state index is 11.5. The Balaban J connectivity index is 1.67. The molecule has 130 valence electrons. The minimum absolute atomic E-state index is 0.167. The maximum atomic E-state index is 11.5. The van der Waals surface area contributed by atoms with E-state index in [-0.39, 0.29) is 18.7 Å². The first-order chi connectivity index (χ1) is 12.1. The summed E-state index contributed by atoms with van der Waals surface area (Å²) in [4.78, 5) is 27.0. The van der Waals surface area contributed by atoms with Gasteiger partial charge in [0.2, 0.25) is 0 Å². The quantitative estimate of drug-likeness (QED) is 0.809. The number of cyclic esters (lactones) is 1. The molecule has 0 radical (unpaired) electrons. The number of carbonyl (C=O) groups is 2. The molecule has 1 N–H and O–H groups in total. The molecule has 6 nitrogen and oxygen atoms in total. The second kappa shape index (κ2) is 7.44. The monoisotopic (exact) mass is 341 g/mol. The number of aliphatic hydroxyl groups excluding tert-OH is 1. The highest BCUT2D eigenvalue weighted by Crippen LogP contribution is 2.27. The molecule has 2 atom stereocenters. The summed E-state index contributed by atoms with van der Waals surface area (Å²) in [6, 6.07) is 11.4. The van der Waals surface area contributed by atoms with Gasteiger partial charge in [0, 0.05) is 11.8 Å². The number of aryl methyl sites for hydroxylation is 1. The van der Waals surface area contributed by atoms with Crippen LogP contribution in [-0.4, -0.2) is 41.8 Å². The zero-order chi connectivity index (χ0) is 17.8. The van der Waals surface area contributed by atoms with E-state index in [2.05, 4.69) is 9.72 Å². The number of benzene rings is 1. The van der Waals surface area contributed by atoms with Crippen LogP contribution in [0.25, 0.3) is 11.3 Å². The highest BCUT2D eigenvalue weighted by molar-refractivity contribution is 5.89. The summed E-state index contributed by atoms with van der Waals surface area (Å²) < 4.78 is 9.73. The van der Waals surface area contributed by atoms with Gasteiger partial charge in [-0.25, -0.2) is 4.79 Å². The van der Waals surface area contributed by atoms with Crippen molar-refractivity contribution in [2.45, 2.75) is 18.9 Å². The van der Waals surface area contributed by atoms with Gasteiger partial charge < -0.3 is 14.6 Å². The van der Waals surface area contributed by atoms with Gasteiger partial charge in [-0.1, -0.05) is 18.2 Å². The molecule has 3 rings (SSSR count). The number of esters is 2. The number of aliphatic hydroxyl groups is 1. The predicted octanol–water partition coefficient (Wildman–Crippen LogP) is 2.00. The Morgan fingerprint density at radius 1 is 1.32 bits per heavy atom. The highest BCUT2D eigenvalue weighted by atomic mass is 16.6. The van der Waals surface area contributed by atoms with Crippen LogP contribution < -0.4 is 0 Å². The number of carbonyl (C=O) groups excluding carboxylic acids is 2. The molecule has 2 aromatic rings. The third-order valence-corrected chi connectivity index (χ3v) is 4.34. The minimum Gasteiger partial charge on any atom is -0.465 e. The number of nitrogens with zero attached hydrogens (tertiary/aromatic N) is 1. The van der Waals surface area contributed by atoms with Gasteiger partial charge in [0.25, 0.3) is 0 Å². The molecule has 0 spiro atoms. The van der Waals surface area contributed by atoms with Crippen LogP contribution in [-0.2, 0) is 20.7 Å². The number of rotatable bonds is 6. The second-order valence-corrected chi connectivity index (χ2v) is 5.93. The van der Waals surface area contributed by atoms with Crippen molar-refractivity contribution in [2.75, 3.05) is 13.7 Å². The molecule has 1 aliphatic rings. The number of hydrogen-bond donors (Lipinski definition) is 1. The third kappa shape index (κ3) is 3.69. The Hall–Kier alpha value is -2.73. The van der Waals surface area contributed by atoms with Gasteiger partial charge in [0.15, 0.2) is 0 Å². The van der Waals surface area contributed by atoms with Crippen LogP contribution in [0.4, 0.5) is 0 Å². The van der Waals surface area contributed by atoms with E-state index < -0.39 is 11.9 Å². The summed E-state index contributed by atoms with van der Waals surface area (Å²) in [7, 11) is 1.33. The SMILES string of the molecule is COC(=O)c1ccc(-c2cccc(CC[C@H]3OC(=O)[C@@H]3CO)c2)nc1. The van der Waals surface area contributed by atoms with Gasteiger partial charge >= 0.3 is 11.9 Å². The maximum Gasteiger partial charge on any atom is 0.339 e. The van der Waals surface area contributed by atoms with Gasteiger partial charge in [0.05, 0.1) is 25.0 Å². The molecule has 0 unspecified atom stereocenters. The first-order valence-corrected chi connectivity index (χ1v) is 8.07. The smallest absolute Gasteiger partial charge is 0.339 e. The molecule has 0 aliphatic carbocycles. The normalized spacial score (nSPS) is 19.0. The summed E-state index contributed by atoms with van der Waals surface area (Å²) in [5.74, 6) is -1.13. The van der Waals surface area contributed by atoms with Crippen LogP contribution in [0.3, 0.4) is 0 Å². The van der Waals surface area contributed by atoms with Gasteiger partial charge in [-0.2, -0.15) is 0 Å². The highest BCUT2D eigenvalue weighted by Gasteiger charge is 2.41. The fourth-order valence-electron chi connectivity index (χ4n) is 2.85. The number of aromatic nitrogens is 1. The average molecular weight is 341 g/mol. The predicted molar refractivity (Wildman–Crippen MR) is 89.8 cm³/mol. The molecule has 25 heavy (non-hydrogen) atoms. The van der Waals surface area contributed by atoms with Crippen molar-refractivity contribution in [3.05, 3.63) is 53.7 Å². The van der Waals surface area contributed by atoms with E-state index in [1.807, 2.05) is 24.3 Å². The molecule has 0 saturated carbocycles. The van der Waals surface area contributed by atoms with Crippen LogP contribution in [0, 0.1) is 5.92 Å². The van der Waals surface area contributed by atoms with E-state index in [1.165, 1.54) is 13.3 Å². The van der Waals surface area contributed by atoms with E-state index in [0.717, 1.165) is 23.2 Å². The van der Waals surface area contributed by atoms with Crippen LogP contribution >= 0.6 is 0 Å². The number of ether oxygens (including phenoxy) is 2. The van der Waals surface area contributed by atoms with Gasteiger partial charge in [-0.15, -0.1) is 0 Å². The zero-order valence-electron chi connectivity index (χ0n) is 13.8. The van der Waals surface area contributed by atoms with Gasteiger partial charge in [-0.3, -0.25) is 9.78 Å². The fourth-order valence-corrected chi connectivity index (χ4v) is 2.85. The first kappa shape index (κ1) is 17.1. The largest absolute Gasteiger partial charge is 0.465 e. The first-order valence-electron chi connectivity index (χ1n) is 8.07. The molecular weight excluding hydrogens is 322 g/mol. The lowest BCUT2D eigenvalue weighted by molar-refractivity contribution is -0.188. The fraction of sp³-hybridized carbons (Fsp3) is 0.316. The van der Waals surface area contributed by atoms with Crippen molar-refractivity contribution >= 4 is 11.9 Å². The lowest BCUT2D eigenvalue weighted by Crippen LogP contribution is -2.47. The molecule has 1 aromatic heterocycles. The zero-order valence-corrected chi connectivity index (χ0v) is 13.8. The Morgan fingerprint density at radius 3 is 2.80 bits per heavy atom. The summed E-state index contributed by atoms with van der Waals surface area (Å²) >= 11 is 0. The molecule has 1 aliphatic heterocycles. The lowest BCUT2D eigenvalue weighted by Gasteiger charge is -2.33. The topological polar surface area (TPSA) is 85.7 Å². The molecule has 6 heteroatoms. The van der Waals surface area contributed by atoms with Crippen molar-refractivity contribution in [2.24, 2.45) is 5.92 Å². The molecule has 0 bridgehead atoms. The summed E-state index contributed by atoms with van der Waals surface area (Å²) in [6.45, 7) is -0.167. The molecule has 1 aromatic carbocycles. The van der Waals surface area contributed by atoms with E-state index in [9.17, 15) is 9.59 Å². The summed E-state index contributed by atoms with van der Waals surface area (Å²) in [5.41, 5.74) is 3.20. The lowest BCUT2D eigenvalue weighted by atomic mass is 9.92. The van der Waals surface area contributed by atoms with E-state index in [1.54, 1.807) is 12.1 Å². The second-order valence-electron chi connectivity index (χ2n) is 5.93. The Labute approximate surface area is 145 Å². The molecule has 1 saturated heterocycles. The Kier molecular flexibility index (Phi) is 5.09. The number of pyridine rings is 1. The van der Waals surface area contributed by atoms with Crippen LogP contribution in [0.15, 0.2) is 42.6 Å². The molecular formula is C19H19NO5. The van der Waals surface area contributed by atoms with E-state index in [0.29, 0.717) is 12.0 Å². The number of hydrogen-bond acceptors (Lipinski definition) is 6. The number of methoxy groups -OCH3 is 1. The van der Waals surface area contributed by atoms with Crippen LogP contribution in [0.5, 0.6) is 0 Å². The average Bonchev–Trinajstić information content (AvgIpc) is 2.65. The summed E-state index contributed by atoms with van der Waals surface area (Å²) in [5, 5.41) is 9.15. The van der Waals surface area contributed by atoms with E-state index >= 15 is 0 Å². The molecule has 2 heterocycles. The third-order valence-electron chi connectivity index (χ3n) is 4.34. The van der Waals surface area contributed by atoms with E-state index in [4.69, 9.17) is 9.84 Å². The minimum atomic E-state index is -0.415. The molecule has 0 amide bonds. The van der Waals surface area contributed by atoms with Gasteiger partial charge in [-0.05, 0) is 36.6 Å². The Bertz CT molecular complexity index is 772. The summed E-state index contributed by atoms with van der Waals surface area (Å²) in [6.07, 6.45) is 2.70. The standard InChI is InChI=1S/C19H19NO5/c1-24-18(22)14-6-7-16(20-10-14)13-4-2-3-12(9-13)5-8-17-15(11-21)19(23)25-17/h2-4,6-7,9-10,15,17,21H,5,8,11H2,1H3/t15-,17-/m1/s1. The van der Waals surface area contributed by atoms with Gasteiger partial charge in [0.1, 0.15) is 12.0 Å². The Morgan fingerprint density at radius 2 is 2.16 bits per heavy atom. The van der Waals surface area contributed by atoms with Crippen LogP contribution in [0.2, 0.25) is 0 Å². The molecule has 1 fully saturated rings. The van der Waals surface area contributed by atoms with Crippen LogP contribution in [0.1, 0.15) is 22.3 Å².